The normalized spacial score (nSPS) is 14.2. The standard InChI is InChI=1S/C27H25Cl2N5OS/c1-32-13-15-33(16-14-32)26(35)22-10-3-2-7-19(22)18-36-27-31-30-25(23-11-4-5-12-24(23)29)34(27)21-9-6-8-20(28)17-21/h2-12,17H,13-16,18H2,1H3. The van der Waals surface area contributed by atoms with Crippen molar-refractivity contribution in [3.8, 4) is 17.1 Å². The summed E-state index contributed by atoms with van der Waals surface area (Å²) < 4.78 is 1.96. The van der Waals surface area contributed by atoms with Crippen LogP contribution in [0.3, 0.4) is 0 Å². The van der Waals surface area contributed by atoms with Gasteiger partial charge in [0.05, 0.1) is 10.7 Å². The second-order valence-corrected chi connectivity index (χ2v) is 10.4. The zero-order valence-corrected chi connectivity index (χ0v) is 22.1. The monoisotopic (exact) mass is 537 g/mol. The lowest BCUT2D eigenvalue weighted by Gasteiger charge is -2.32. The first-order chi connectivity index (χ1) is 17.5. The van der Waals surface area contributed by atoms with Crippen LogP contribution in [0.25, 0.3) is 17.1 Å². The highest BCUT2D eigenvalue weighted by Gasteiger charge is 2.23. The molecule has 0 saturated carbocycles. The Morgan fingerprint density at radius 2 is 1.67 bits per heavy atom. The number of amides is 1. The van der Waals surface area contributed by atoms with Crippen molar-refractivity contribution in [1.82, 2.24) is 24.6 Å². The van der Waals surface area contributed by atoms with E-state index < -0.39 is 0 Å². The molecule has 1 aromatic heterocycles. The number of rotatable bonds is 6. The van der Waals surface area contributed by atoms with Gasteiger partial charge in [0, 0.05) is 48.1 Å². The summed E-state index contributed by atoms with van der Waals surface area (Å²) >= 11 is 14.4. The first kappa shape index (κ1) is 24.8. The molecule has 184 valence electrons. The van der Waals surface area contributed by atoms with Gasteiger partial charge in [-0.3, -0.25) is 9.36 Å². The molecule has 5 rings (SSSR count). The third-order valence-corrected chi connectivity index (χ3v) is 7.75. The number of carbonyl (C=O) groups is 1. The molecule has 6 nitrogen and oxygen atoms in total. The maximum absolute atomic E-state index is 13.3. The van der Waals surface area contributed by atoms with E-state index in [4.69, 9.17) is 23.2 Å². The smallest absolute Gasteiger partial charge is 0.254 e. The number of likely N-dealkylation sites (N-methyl/N-ethyl adjacent to an activating group) is 1. The molecule has 1 aliphatic heterocycles. The van der Waals surface area contributed by atoms with Gasteiger partial charge >= 0.3 is 0 Å². The highest BCUT2D eigenvalue weighted by molar-refractivity contribution is 7.98. The first-order valence-corrected chi connectivity index (χ1v) is 13.4. The summed E-state index contributed by atoms with van der Waals surface area (Å²) in [4.78, 5) is 17.5. The van der Waals surface area contributed by atoms with Gasteiger partial charge in [-0.05, 0) is 49.0 Å². The maximum atomic E-state index is 13.3. The first-order valence-electron chi connectivity index (χ1n) is 11.7. The van der Waals surface area contributed by atoms with E-state index in [0.717, 1.165) is 48.6 Å². The van der Waals surface area contributed by atoms with Crippen LogP contribution in [0.15, 0.2) is 78.0 Å². The van der Waals surface area contributed by atoms with Crippen LogP contribution in [0.1, 0.15) is 15.9 Å². The van der Waals surface area contributed by atoms with Gasteiger partial charge in [-0.25, -0.2) is 0 Å². The lowest BCUT2D eigenvalue weighted by molar-refractivity contribution is 0.0663. The molecule has 0 bridgehead atoms. The summed E-state index contributed by atoms with van der Waals surface area (Å²) in [7, 11) is 2.08. The Balaban J connectivity index is 1.46. The van der Waals surface area contributed by atoms with Gasteiger partial charge in [0.15, 0.2) is 11.0 Å². The fourth-order valence-electron chi connectivity index (χ4n) is 4.21. The third kappa shape index (κ3) is 5.30. The molecule has 0 unspecified atom stereocenters. The minimum atomic E-state index is 0.0763. The van der Waals surface area contributed by atoms with E-state index in [1.54, 1.807) is 0 Å². The van der Waals surface area contributed by atoms with Gasteiger partial charge in [0.2, 0.25) is 0 Å². The van der Waals surface area contributed by atoms with Gasteiger partial charge in [0.25, 0.3) is 5.91 Å². The van der Waals surface area contributed by atoms with Gasteiger partial charge in [-0.1, -0.05) is 71.4 Å². The molecule has 1 amide bonds. The fraction of sp³-hybridized carbons (Fsp3) is 0.222. The van der Waals surface area contributed by atoms with Crippen molar-refractivity contribution in [2.24, 2.45) is 0 Å². The zero-order valence-electron chi connectivity index (χ0n) is 19.8. The number of hydrogen-bond donors (Lipinski definition) is 0. The van der Waals surface area contributed by atoms with E-state index in [9.17, 15) is 4.79 Å². The highest BCUT2D eigenvalue weighted by Crippen LogP contribution is 2.34. The lowest BCUT2D eigenvalue weighted by Crippen LogP contribution is -2.47. The molecule has 1 saturated heterocycles. The average Bonchev–Trinajstić information content (AvgIpc) is 3.31. The molecule has 0 atom stereocenters. The number of hydrogen-bond acceptors (Lipinski definition) is 5. The molecular weight excluding hydrogens is 513 g/mol. The van der Waals surface area contributed by atoms with E-state index in [0.29, 0.717) is 26.8 Å². The summed E-state index contributed by atoms with van der Waals surface area (Å²) in [6.07, 6.45) is 0. The topological polar surface area (TPSA) is 54.3 Å². The molecular formula is C27H25Cl2N5OS. The average molecular weight is 539 g/mol. The summed E-state index contributed by atoms with van der Waals surface area (Å²) in [5.41, 5.74) is 3.32. The summed E-state index contributed by atoms with van der Waals surface area (Å²) in [6.45, 7) is 3.24. The minimum Gasteiger partial charge on any atom is -0.336 e. The molecule has 9 heteroatoms. The van der Waals surface area contributed by atoms with Crippen LogP contribution >= 0.6 is 35.0 Å². The van der Waals surface area contributed by atoms with Crippen molar-refractivity contribution < 1.29 is 4.79 Å². The van der Waals surface area contributed by atoms with E-state index in [-0.39, 0.29) is 5.91 Å². The quantitative estimate of drug-likeness (QED) is 0.285. The van der Waals surface area contributed by atoms with Crippen molar-refractivity contribution in [1.29, 1.82) is 0 Å². The molecule has 2 heterocycles. The van der Waals surface area contributed by atoms with Crippen molar-refractivity contribution in [3.63, 3.8) is 0 Å². The van der Waals surface area contributed by atoms with E-state index in [2.05, 4.69) is 22.1 Å². The number of piperazine rings is 1. The molecule has 36 heavy (non-hydrogen) atoms. The SMILES string of the molecule is CN1CCN(C(=O)c2ccccc2CSc2nnc(-c3ccccc3Cl)n2-c2cccc(Cl)c2)CC1. The summed E-state index contributed by atoms with van der Waals surface area (Å²) in [5, 5.41) is 10.9. The number of benzene rings is 3. The van der Waals surface area contributed by atoms with Crippen LogP contribution in [0, 0.1) is 0 Å². The number of aromatic nitrogens is 3. The molecule has 0 N–H and O–H groups in total. The largest absolute Gasteiger partial charge is 0.336 e. The Kier molecular flexibility index (Phi) is 7.62. The van der Waals surface area contributed by atoms with Gasteiger partial charge < -0.3 is 9.80 Å². The van der Waals surface area contributed by atoms with Crippen LogP contribution in [-0.4, -0.2) is 63.7 Å². The maximum Gasteiger partial charge on any atom is 0.254 e. The number of halogens is 2. The van der Waals surface area contributed by atoms with E-state index in [1.165, 1.54) is 11.8 Å². The minimum absolute atomic E-state index is 0.0763. The number of carbonyl (C=O) groups excluding carboxylic acids is 1. The van der Waals surface area contributed by atoms with E-state index in [1.807, 2.05) is 82.3 Å². The highest BCUT2D eigenvalue weighted by atomic mass is 35.5. The van der Waals surface area contributed by atoms with Gasteiger partial charge in [0.1, 0.15) is 0 Å². The number of thioether (sulfide) groups is 1. The Labute approximate surface area is 224 Å². The van der Waals surface area contributed by atoms with Crippen molar-refractivity contribution >= 4 is 40.9 Å². The van der Waals surface area contributed by atoms with Crippen LogP contribution in [0.2, 0.25) is 10.0 Å². The Hall–Kier alpha value is -2.84. The van der Waals surface area contributed by atoms with Crippen LogP contribution in [0.5, 0.6) is 0 Å². The molecule has 0 aliphatic carbocycles. The summed E-state index contributed by atoms with van der Waals surface area (Å²) in [5.74, 6) is 1.27. The Morgan fingerprint density at radius 3 is 2.44 bits per heavy atom. The zero-order chi connectivity index (χ0) is 25.1. The van der Waals surface area contributed by atoms with Gasteiger partial charge in [-0.2, -0.15) is 0 Å². The summed E-state index contributed by atoms with van der Waals surface area (Å²) in [6, 6.07) is 22.9. The van der Waals surface area contributed by atoms with Gasteiger partial charge in [-0.15, -0.1) is 10.2 Å². The third-order valence-electron chi connectivity index (χ3n) is 6.21. The molecule has 1 aliphatic rings. The van der Waals surface area contributed by atoms with Crippen molar-refractivity contribution in [3.05, 3.63) is 94.0 Å². The fourth-order valence-corrected chi connectivity index (χ4v) is 5.57. The predicted octanol–water partition coefficient (Wildman–Crippen LogP) is 5.92. The lowest BCUT2D eigenvalue weighted by atomic mass is 10.1. The second kappa shape index (κ2) is 11.0. The predicted molar refractivity (Wildman–Crippen MR) is 146 cm³/mol. The Bertz CT molecular complexity index is 1380. The molecule has 3 aromatic carbocycles. The van der Waals surface area contributed by atoms with Crippen LogP contribution in [-0.2, 0) is 5.75 Å². The second-order valence-electron chi connectivity index (χ2n) is 8.64. The van der Waals surface area contributed by atoms with E-state index >= 15 is 0 Å². The molecule has 0 radical (unpaired) electrons. The molecule has 4 aromatic rings. The number of nitrogens with zero attached hydrogens (tertiary/aromatic N) is 5. The molecule has 0 spiro atoms. The van der Waals surface area contributed by atoms with Crippen molar-refractivity contribution in [2.45, 2.75) is 10.9 Å². The van der Waals surface area contributed by atoms with Crippen LogP contribution in [0.4, 0.5) is 0 Å². The molecule has 1 fully saturated rings. The Morgan fingerprint density at radius 1 is 0.917 bits per heavy atom. The van der Waals surface area contributed by atoms with Crippen LogP contribution < -0.4 is 0 Å². The van der Waals surface area contributed by atoms with Crippen molar-refractivity contribution in [2.75, 3.05) is 33.2 Å².